The zero-order valence-corrected chi connectivity index (χ0v) is 14.2. The quantitative estimate of drug-likeness (QED) is 0.627. The summed E-state index contributed by atoms with van der Waals surface area (Å²) >= 11 is 0. The first-order valence-corrected chi connectivity index (χ1v) is 8.26. The van der Waals surface area contributed by atoms with E-state index in [0.29, 0.717) is 0 Å². The van der Waals surface area contributed by atoms with E-state index < -0.39 is 17.9 Å². The van der Waals surface area contributed by atoms with E-state index in [1.165, 1.54) is 12.3 Å². The van der Waals surface area contributed by atoms with Gasteiger partial charge in [-0.3, -0.25) is 4.68 Å². The lowest BCUT2D eigenvalue weighted by atomic mass is 10.0. The maximum Gasteiger partial charge on any atom is 0.341 e. The molecule has 1 aliphatic rings. The molecule has 0 radical (unpaired) electrons. The van der Waals surface area contributed by atoms with E-state index >= 15 is 0 Å². The zero-order valence-electron chi connectivity index (χ0n) is 14.2. The number of rotatable bonds is 4. The second-order valence-corrected chi connectivity index (χ2v) is 6.08. The van der Waals surface area contributed by atoms with Crippen LogP contribution in [0, 0.1) is 11.9 Å². The van der Waals surface area contributed by atoms with Crippen molar-refractivity contribution >= 4 is 5.97 Å². The predicted molar refractivity (Wildman–Crippen MR) is 87.1 cm³/mol. The van der Waals surface area contributed by atoms with Gasteiger partial charge in [-0.25, -0.2) is 4.79 Å². The Morgan fingerprint density at radius 1 is 1.32 bits per heavy atom. The summed E-state index contributed by atoms with van der Waals surface area (Å²) in [5.41, 5.74) is 0.493. The Kier molecular flexibility index (Phi) is 5.08. The van der Waals surface area contributed by atoms with Crippen molar-refractivity contribution in [2.24, 2.45) is 0 Å². The number of likely N-dealkylation sites (tertiary alicyclic amines) is 1. The highest BCUT2D eigenvalue weighted by Crippen LogP contribution is 2.32. The molecule has 1 saturated heterocycles. The van der Waals surface area contributed by atoms with Gasteiger partial charge in [0.15, 0.2) is 0 Å². The lowest BCUT2D eigenvalue weighted by Crippen LogP contribution is -2.32. The minimum Gasteiger partial charge on any atom is -0.462 e. The molecule has 2 aromatic rings. The SMILES string of the molecule is CCOC(=O)c1cnn(C2CCN(C)CC2)c1-c1ccc(F)nc1F. The molecule has 0 aromatic carbocycles. The molecule has 0 N–H and O–H groups in total. The number of pyridine rings is 1. The standard InChI is InChI=1S/C17H20F2N4O2/c1-3-25-17(24)13-10-20-23(11-6-8-22(2)9-7-11)15(13)12-4-5-14(18)21-16(12)19/h4-5,10-11H,3,6-9H2,1-2H3. The smallest absolute Gasteiger partial charge is 0.341 e. The van der Waals surface area contributed by atoms with Gasteiger partial charge in [0, 0.05) is 0 Å². The Balaban J connectivity index is 2.08. The van der Waals surface area contributed by atoms with Crippen LogP contribution in [0.5, 0.6) is 0 Å². The van der Waals surface area contributed by atoms with Crippen LogP contribution >= 0.6 is 0 Å². The second kappa shape index (κ2) is 7.26. The number of nitrogens with zero attached hydrogens (tertiary/aromatic N) is 4. The number of esters is 1. The molecule has 2 aromatic heterocycles. The van der Waals surface area contributed by atoms with Gasteiger partial charge in [0.1, 0.15) is 5.56 Å². The summed E-state index contributed by atoms with van der Waals surface area (Å²) in [6, 6.07) is 2.38. The Morgan fingerprint density at radius 2 is 2.04 bits per heavy atom. The molecule has 0 bridgehead atoms. The summed E-state index contributed by atoms with van der Waals surface area (Å²) in [4.78, 5) is 17.7. The highest BCUT2D eigenvalue weighted by molar-refractivity contribution is 5.96. The normalized spacial score (nSPS) is 16.2. The van der Waals surface area contributed by atoms with Crippen molar-refractivity contribution in [3.8, 4) is 11.3 Å². The number of hydrogen-bond acceptors (Lipinski definition) is 5. The fourth-order valence-electron chi connectivity index (χ4n) is 3.09. The second-order valence-electron chi connectivity index (χ2n) is 6.08. The van der Waals surface area contributed by atoms with E-state index in [4.69, 9.17) is 4.74 Å². The number of halogens is 2. The third-order valence-corrected chi connectivity index (χ3v) is 4.39. The first-order valence-electron chi connectivity index (χ1n) is 8.26. The highest BCUT2D eigenvalue weighted by Gasteiger charge is 2.28. The van der Waals surface area contributed by atoms with Crippen LogP contribution in [0.4, 0.5) is 8.78 Å². The van der Waals surface area contributed by atoms with Crippen LogP contribution in [-0.4, -0.2) is 52.4 Å². The molecule has 3 rings (SSSR count). The summed E-state index contributed by atoms with van der Waals surface area (Å²) < 4.78 is 34.2. The average molecular weight is 350 g/mol. The van der Waals surface area contributed by atoms with Gasteiger partial charge in [-0.2, -0.15) is 18.9 Å². The van der Waals surface area contributed by atoms with Crippen molar-refractivity contribution in [3.63, 3.8) is 0 Å². The number of aromatic nitrogens is 3. The van der Waals surface area contributed by atoms with Crippen LogP contribution in [0.25, 0.3) is 11.3 Å². The van der Waals surface area contributed by atoms with Gasteiger partial charge in [0.2, 0.25) is 11.9 Å². The molecule has 25 heavy (non-hydrogen) atoms. The average Bonchev–Trinajstić information content (AvgIpc) is 3.00. The lowest BCUT2D eigenvalue weighted by molar-refractivity contribution is 0.0527. The number of carbonyl (C=O) groups excluding carboxylic acids is 1. The molecule has 134 valence electrons. The fraction of sp³-hybridized carbons (Fsp3) is 0.471. The van der Waals surface area contributed by atoms with Gasteiger partial charge in [-0.15, -0.1) is 0 Å². The van der Waals surface area contributed by atoms with Crippen LogP contribution in [0.1, 0.15) is 36.2 Å². The highest BCUT2D eigenvalue weighted by atomic mass is 19.1. The van der Waals surface area contributed by atoms with Crippen molar-refractivity contribution in [2.45, 2.75) is 25.8 Å². The number of carbonyl (C=O) groups is 1. The number of piperidine rings is 1. The third-order valence-electron chi connectivity index (χ3n) is 4.39. The van der Waals surface area contributed by atoms with Crippen molar-refractivity contribution in [2.75, 3.05) is 26.7 Å². The molecule has 0 aliphatic carbocycles. The van der Waals surface area contributed by atoms with Crippen molar-refractivity contribution in [1.29, 1.82) is 0 Å². The summed E-state index contributed by atoms with van der Waals surface area (Å²) in [6.45, 7) is 3.65. The van der Waals surface area contributed by atoms with E-state index in [1.54, 1.807) is 11.6 Å². The van der Waals surface area contributed by atoms with E-state index in [9.17, 15) is 13.6 Å². The fourth-order valence-corrected chi connectivity index (χ4v) is 3.09. The van der Waals surface area contributed by atoms with Crippen LogP contribution in [0.3, 0.4) is 0 Å². The topological polar surface area (TPSA) is 60.2 Å². The van der Waals surface area contributed by atoms with Crippen LogP contribution < -0.4 is 0 Å². The van der Waals surface area contributed by atoms with Gasteiger partial charge in [-0.1, -0.05) is 0 Å². The van der Waals surface area contributed by atoms with E-state index in [2.05, 4.69) is 15.0 Å². The largest absolute Gasteiger partial charge is 0.462 e. The summed E-state index contributed by atoms with van der Waals surface area (Å²) in [5, 5.41) is 4.32. The molecule has 0 unspecified atom stereocenters. The maximum absolute atomic E-state index is 14.3. The van der Waals surface area contributed by atoms with Crippen molar-refractivity contribution in [1.82, 2.24) is 19.7 Å². The summed E-state index contributed by atoms with van der Waals surface area (Å²) in [5.74, 6) is -2.47. The number of hydrogen-bond donors (Lipinski definition) is 0. The third kappa shape index (κ3) is 3.53. The van der Waals surface area contributed by atoms with Gasteiger partial charge in [0.25, 0.3) is 0 Å². The van der Waals surface area contributed by atoms with Crippen LogP contribution in [0.2, 0.25) is 0 Å². The molecule has 0 saturated carbocycles. The molecule has 0 atom stereocenters. The first kappa shape index (κ1) is 17.5. The molecule has 0 amide bonds. The molecule has 0 spiro atoms. The first-order chi connectivity index (χ1) is 12.0. The molecule has 3 heterocycles. The van der Waals surface area contributed by atoms with Crippen molar-refractivity contribution < 1.29 is 18.3 Å². The van der Waals surface area contributed by atoms with Gasteiger partial charge >= 0.3 is 5.97 Å². The number of ether oxygens (including phenoxy) is 1. The molecular formula is C17H20F2N4O2. The van der Waals surface area contributed by atoms with E-state index in [1.807, 2.05) is 7.05 Å². The monoisotopic (exact) mass is 350 g/mol. The molecular weight excluding hydrogens is 330 g/mol. The molecule has 1 fully saturated rings. The molecule has 6 nitrogen and oxygen atoms in total. The minimum absolute atomic E-state index is 0.0267. The summed E-state index contributed by atoms with van der Waals surface area (Å²) in [6.07, 6.45) is 3.03. The van der Waals surface area contributed by atoms with E-state index in [0.717, 1.165) is 32.0 Å². The Morgan fingerprint density at radius 3 is 2.68 bits per heavy atom. The zero-order chi connectivity index (χ0) is 18.0. The molecule has 1 aliphatic heterocycles. The predicted octanol–water partition coefficient (Wildman–Crippen LogP) is 2.67. The van der Waals surface area contributed by atoms with E-state index in [-0.39, 0.29) is 29.5 Å². The van der Waals surface area contributed by atoms with Crippen LogP contribution in [-0.2, 0) is 4.74 Å². The minimum atomic E-state index is -0.972. The van der Waals surface area contributed by atoms with Gasteiger partial charge in [0.05, 0.1) is 30.1 Å². The van der Waals surface area contributed by atoms with Gasteiger partial charge in [-0.05, 0) is 52.0 Å². The lowest BCUT2D eigenvalue weighted by Gasteiger charge is -2.30. The Hall–Kier alpha value is -2.35. The molecule has 8 heteroatoms. The maximum atomic E-state index is 14.3. The van der Waals surface area contributed by atoms with Crippen molar-refractivity contribution in [3.05, 3.63) is 35.8 Å². The van der Waals surface area contributed by atoms with Crippen LogP contribution in [0.15, 0.2) is 18.3 Å². The van der Waals surface area contributed by atoms with Gasteiger partial charge < -0.3 is 9.64 Å². The summed E-state index contributed by atoms with van der Waals surface area (Å²) in [7, 11) is 2.04. The Bertz CT molecular complexity index is 770. The Labute approximate surface area is 144 Å².